The second-order valence-electron chi connectivity index (χ2n) is 3.78. The third-order valence-corrected chi connectivity index (χ3v) is 3.92. The van der Waals surface area contributed by atoms with Crippen LogP contribution >= 0.6 is 27.5 Å². The molecule has 0 bridgehead atoms. The molecule has 0 amide bonds. The Labute approximate surface area is 98.0 Å². The molecular weight excluding hydrogens is 261 g/mol. The van der Waals surface area contributed by atoms with Gasteiger partial charge in [0.05, 0.1) is 5.02 Å². The van der Waals surface area contributed by atoms with E-state index in [2.05, 4.69) is 33.4 Å². The Balaban J connectivity index is 2.25. The molecule has 1 unspecified atom stereocenters. The van der Waals surface area contributed by atoms with Crippen molar-refractivity contribution in [3.05, 3.63) is 33.3 Å². The van der Waals surface area contributed by atoms with Crippen molar-refractivity contribution in [1.82, 2.24) is 5.32 Å². The first-order valence-electron chi connectivity index (χ1n) is 4.84. The van der Waals surface area contributed by atoms with Gasteiger partial charge in [0, 0.05) is 10.5 Å². The van der Waals surface area contributed by atoms with Gasteiger partial charge >= 0.3 is 0 Å². The second kappa shape index (κ2) is 4.21. The van der Waals surface area contributed by atoms with E-state index in [1.165, 1.54) is 18.4 Å². The lowest BCUT2D eigenvalue weighted by molar-refractivity contribution is 0.528. The lowest BCUT2D eigenvalue weighted by atomic mass is 10.0. The predicted octanol–water partition coefficient (Wildman–Crippen LogP) is 3.77. The highest BCUT2D eigenvalue weighted by Gasteiger charge is 2.31. The molecule has 1 nitrogen and oxygen atoms in total. The largest absolute Gasteiger partial charge is 0.313 e. The minimum absolute atomic E-state index is 0.489. The molecule has 0 heterocycles. The number of halogens is 2. The van der Waals surface area contributed by atoms with Gasteiger partial charge in [-0.1, -0.05) is 17.7 Å². The first-order valence-corrected chi connectivity index (χ1v) is 6.01. The van der Waals surface area contributed by atoms with E-state index in [4.69, 9.17) is 11.6 Å². The molecule has 0 aliphatic heterocycles. The molecule has 3 heteroatoms. The second-order valence-corrected chi connectivity index (χ2v) is 5.04. The SMILES string of the molecule is CNC(c1ccc(Cl)c(Br)c1)C1CC1. The molecule has 0 radical (unpaired) electrons. The zero-order valence-electron chi connectivity index (χ0n) is 8.06. The Hall–Kier alpha value is -0.0500. The lowest BCUT2D eigenvalue weighted by Gasteiger charge is -2.16. The van der Waals surface area contributed by atoms with Crippen molar-refractivity contribution >= 4 is 27.5 Å². The fourth-order valence-electron chi connectivity index (χ4n) is 1.81. The number of hydrogen-bond donors (Lipinski definition) is 1. The average molecular weight is 275 g/mol. The van der Waals surface area contributed by atoms with Gasteiger partial charge in [-0.3, -0.25) is 0 Å². The summed E-state index contributed by atoms with van der Waals surface area (Å²) in [6.45, 7) is 0. The molecule has 1 atom stereocenters. The summed E-state index contributed by atoms with van der Waals surface area (Å²) in [5.41, 5.74) is 1.33. The van der Waals surface area contributed by atoms with Crippen LogP contribution in [0.1, 0.15) is 24.4 Å². The quantitative estimate of drug-likeness (QED) is 0.885. The molecule has 0 saturated heterocycles. The molecular formula is C11H13BrClN. The van der Waals surface area contributed by atoms with Gasteiger partial charge in [0.2, 0.25) is 0 Å². The standard InChI is InChI=1S/C11H13BrClN/c1-14-11(7-2-3-7)8-4-5-10(13)9(12)6-8/h4-7,11,14H,2-3H2,1H3. The van der Waals surface area contributed by atoms with Crippen LogP contribution in [-0.4, -0.2) is 7.05 Å². The third kappa shape index (κ3) is 2.13. The Morgan fingerprint density at radius 1 is 1.50 bits per heavy atom. The minimum atomic E-state index is 0.489. The minimum Gasteiger partial charge on any atom is -0.313 e. The molecule has 0 aromatic heterocycles. The van der Waals surface area contributed by atoms with Crippen LogP contribution in [0.3, 0.4) is 0 Å². The van der Waals surface area contributed by atoms with Crippen LogP contribution in [0.5, 0.6) is 0 Å². The van der Waals surface area contributed by atoms with Gasteiger partial charge < -0.3 is 5.32 Å². The van der Waals surface area contributed by atoms with E-state index in [-0.39, 0.29) is 0 Å². The molecule has 14 heavy (non-hydrogen) atoms. The smallest absolute Gasteiger partial charge is 0.0548 e. The summed E-state index contributed by atoms with van der Waals surface area (Å²) < 4.78 is 0.984. The van der Waals surface area contributed by atoms with Crippen molar-refractivity contribution in [2.75, 3.05) is 7.05 Å². The van der Waals surface area contributed by atoms with Gasteiger partial charge in [0.25, 0.3) is 0 Å². The van der Waals surface area contributed by atoms with Gasteiger partial charge in [-0.25, -0.2) is 0 Å². The van der Waals surface area contributed by atoms with Gasteiger partial charge in [-0.05, 0) is 59.4 Å². The monoisotopic (exact) mass is 273 g/mol. The Bertz CT molecular complexity index is 336. The maximum Gasteiger partial charge on any atom is 0.0548 e. The molecule has 1 aromatic carbocycles. The van der Waals surface area contributed by atoms with Crippen LogP contribution < -0.4 is 5.32 Å². The highest BCUT2D eigenvalue weighted by Crippen LogP contribution is 2.41. The van der Waals surface area contributed by atoms with Crippen molar-refractivity contribution in [3.8, 4) is 0 Å². The Morgan fingerprint density at radius 2 is 2.21 bits per heavy atom. The van der Waals surface area contributed by atoms with Crippen molar-refractivity contribution in [2.24, 2.45) is 5.92 Å². The highest BCUT2D eigenvalue weighted by molar-refractivity contribution is 9.10. The lowest BCUT2D eigenvalue weighted by Crippen LogP contribution is -2.18. The van der Waals surface area contributed by atoms with E-state index in [9.17, 15) is 0 Å². The van der Waals surface area contributed by atoms with E-state index >= 15 is 0 Å². The highest BCUT2D eigenvalue weighted by atomic mass is 79.9. The number of hydrogen-bond acceptors (Lipinski definition) is 1. The van der Waals surface area contributed by atoms with Crippen LogP contribution in [0.2, 0.25) is 5.02 Å². The summed E-state index contributed by atoms with van der Waals surface area (Å²) in [5, 5.41) is 4.14. The van der Waals surface area contributed by atoms with E-state index in [1.54, 1.807) is 0 Å². The molecule has 1 saturated carbocycles. The van der Waals surface area contributed by atoms with Gasteiger partial charge in [0.1, 0.15) is 0 Å². The fourth-order valence-corrected chi connectivity index (χ4v) is 2.32. The third-order valence-electron chi connectivity index (χ3n) is 2.71. The number of benzene rings is 1. The van der Waals surface area contributed by atoms with Crippen molar-refractivity contribution in [1.29, 1.82) is 0 Å². The summed E-state index contributed by atoms with van der Waals surface area (Å²) in [6.07, 6.45) is 2.68. The van der Waals surface area contributed by atoms with Gasteiger partial charge in [-0.15, -0.1) is 0 Å². The molecule has 1 aliphatic carbocycles. The van der Waals surface area contributed by atoms with E-state index in [0.717, 1.165) is 15.4 Å². The summed E-state index contributed by atoms with van der Waals surface area (Å²) >= 11 is 9.41. The summed E-state index contributed by atoms with van der Waals surface area (Å²) in [5.74, 6) is 0.813. The maximum atomic E-state index is 5.96. The first-order chi connectivity index (χ1) is 6.72. The maximum absolute atomic E-state index is 5.96. The van der Waals surface area contributed by atoms with Crippen LogP contribution in [0.15, 0.2) is 22.7 Å². The molecule has 1 N–H and O–H groups in total. The fraction of sp³-hybridized carbons (Fsp3) is 0.455. The number of nitrogens with one attached hydrogen (secondary N) is 1. The first kappa shape index (κ1) is 10.5. The normalized spacial score (nSPS) is 18.2. The Kier molecular flexibility index (Phi) is 3.15. The topological polar surface area (TPSA) is 12.0 Å². The van der Waals surface area contributed by atoms with Crippen molar-refractivity contribution in [3.63, 3.8) is 0 Å². The molecule has 2 rings (SSSR count). The Morgan fingerprint density at radius 3 is 2.71 bits per heavy atom. The van der Waals surface area contributed by atoms with Crippen LogP contribution in [0, 0.1) is 5.92 Å². The van der Waals surface area contributed by atoms with Gasteiger partial charge in [0.15, 0.2) is 0 Å². The van der Waals surface area contributed by atoms with Crippen molar-refractivity contribution in [2.45, 2.75) is 18.9 Å². The molecule has 1 aliphatic rings. The van der Waals surface area contributed by atoms with Gasteiger partial charge in [-0.2, -0.15) is 0 Å². The van der Waals surface area contributed by atoms with E-state index < -0.39 is 0 Å². The molecule has 1 fully saturated rings. The zero-order valence-corrected chi connectivity index (χ0v) is 10.4. The molecule has 1 aromatic rings. The number of rotatable bonds is 3. The van der Waals surface area contributed by atoms with Crippen LogP contribution in [0.25, 0.3) is 0 Å². The van der Waals surface area contributed by atoms with Crippen LogP contribution in [0.4, 0.5) is 0 Å². The van der Waals surface area contributed by atoms with E-state index in [0.29, 0.717) is 6.04 Å². The van der Waals surface area contributed by atoms with E-state index in [1.807, 2.05) is 13.1 Å². The predicted molar refractivity (Wildman–Crippen MR) is 63.7 cm³/mol. The van der Waals surface area contributed by atoms with Crippen molar-refractivity contribution < 1.29 is 0 Å². The summed E-state index contributed by atoms with van der Waals surface area (Å²) in [4.78, 5) is 0. The summed E-state index contributed by atoms with van der Waals surface area (Å²) in [6, 6.07) is 6.66. The molecule has 76 valence electrons. The average Bonchev–Trinajstić information content (AvgIpc) is 2.96. The molecule has 0 spiro atoms. The summed E-state index contributed by atoms with van der Waals surface area (Å²) in [7, 11) is 2.02. The zero-order chi connectivity index (χ0) is 10.1. The van der Waals surface area contributed by atoms with Crippen LogP contribution in [-0.2, 0) is 0 Å².